The number of imide groups is 2. The van der Waals surface area contributed by atoms with Crippen LogP contribution in [0.25, 0.3) is 0 Å². The zero-order chi connectivity index (χ0) is 35.9. The molecule has 0 saturated heterocycles. The summed E-state index contributed by atoms with van der Waals surface area (Å²) in [7, 11) is 0. The topological polar surface area (TPSA) is 264 Å². The van der Waals surface area contributed by atoms with Gasteiger partial charge < -0.3 is 42.2 Å². The minimum absolute atomic E-state index is 0.0748. The van der Waals surface area contributed by atoms with Gasteiger partial charge in [-0.05, 0) is 71.6 Å². The van der Waals surface area contributed by atoms with Crippen LogP contribution in [0.3, 0.4) is 0 Å². The van der Waals surface area contributed by atoms with Crippen molar-refractivity contribution in [2.75, 3.05) is 19.8 Å². The number of ether oxygens (including phenoxy) is 1. The van der Waals surface area contributed by atoms with E-state index in [1.165, 1.54) is 13.8 Å². The molecule has 0 aliphatic rings. The van der Waals surface area contributed by atoms with Gasteiger partial charge in [0.2, 0.25) is 23.6 Å². The maximum atomic E-state index is 13.2. The summed E-state index contributed by atoms with van der Waals surface area (Å²) < 4.78 is 5.29. The highest BCUT2D eigenvalue weighted by Gasteiger charge is 2.38. The number of nitrogens with two attached hydrogens (primary N) is 2. The lowest BCUT2D eigenvalue weighted by atomic mass is 10.00. The van der Waals surface area contributed by atoms with Crippen molar-refractivity contribution >= 4 is 35.6 Å². The maximum Gasteiger partial charge on any atom is 0.417 e. The summed E-state index contributed by atoms with van der Waals surface area (Å²) in [6.07, 6.45) is 1.72. The van der Waals surface area contributed by atoms with E-state index in [1.54, 1.807) is 32.9 Å². The van der Waals surface area contributed by atoms with Gasteiger partial charge >= 0.3 is 6.09 Å². The summed E-state index contributed by atoms with van der Waals surface area (Å²) in [5.74, 6) is -4.98. The molecule has 0 fully saturated rings. The lowest BCUT2D eigenvalue weighted by molar-refractivity contribution is -0.141. The number of nitrogens with one attached hydrogen (secondary N) is 3. The molecule has 0 heterocycles. The number of nitrogens with zero attached hydrogens (tertiary/aromatic N) is 1. The lowest BCUT2D eigenvalue weighted by Crippen LogP contribution is -2.59. The van der Waals surface area contributed by atoms with Gasteiger partial charge in [-0.15, -0.1) is 0 Å². The van der Waals surface area contributed by atoms with Crippen LogP contribution in [0.5, 0.6) is 5.75 Å². The van der Waals surface area contributed by atoms with E-state index in [0.29, 0.717) is 11.3 Å². The van der Waals surface area contributed by atoms with Gasteiger partial charge in [-0.3, -0.25) is 29.3 Å². The molecule has 0 aliphatic heterocycles. The molecule has 5 atom stereocenters. The number of hydrogen-bond donors (Lipinski definition) is 8. The van der Waals surface area contributed by atoms with Gasteiger partial charge in [-0.25, -0.2) is 9.69 Å². The Kier molecular flexibility index (Phi) is 17.0. The number of aliphatic hydroxyl groups excluding tert-OH is 2. The first-order valence-electron chi connectivity index (χ1n) is 15.4. The Morgan fingerprint density at radius 1 is 0.894 bits per heavy atom. The summed E-state index contributed by atoms with van der Waals surface area (Å²) in [5, 5.41) is 35.2. The van der Waals surface area contributed by atoms with E-state index in [9.17, 15) is 39.0 Å². The third-order valence-corrected chi connectivity index (χ3v) is 7.01. The second-order valence-electron chi connectivity index (χ2n) is 12.2. The van der Waals surface area contributed by atoms with Crippen LogP contribution < -0.4 is 27.4 Å². The van der Waals surface area contributed by atoms with Gasteiger partial charge in [0.05, 0.1) is 12.6 Å². The predicted octanol–water partition coefficient (Wildman–Crippen LogP) is -0.834. The van der Waals surface area contributed by atoms with E-state index >= 15 is 0 Å². The molecule has 0 spiro atoms. The molecular weight excluding hydrogens is 616 g/mol. The van der Waals surface area contributed by atoms with E-state index in [0.717, 1.165) is 24.8 Å². The van der Waals surface area contributed by atoms with E-state index in [4.69, 9.17) is 21.3 Å². The highest BCUT2D eigenvalue weighted by molar-refractivity contribution is 6.01. The number of aryl methyl sites for hydroxylation is 1. The number of benzene rings is 1. The van der Waals surface area contributed by atoms with Crippen molar-refractivity contribution in [3.8, 4) is 5.75 Å². The van der Waals surface area contributed by atoms with Crippen LogP contribution in [0, 0.1) is 5.92 Å². The van der Waals surface area contributed by atoms with Gasteiger partial charge in [0.25, 0.3) is 5.91 Å². The SMILES string of the molecule is C[C@H](NC(=O)[C@@H](N)CO)C(=O)N(C(=O)OC(C)(C)C)[C@@H](C)C(=O)NCC(CO)[C@H](N)C(=O)NC(=O)CCCCCc1ccc(O)cc1. The minimum atomic E-state index is -1.48. The van der Waals surface area contributed by atoms with E-state index in [-0.39, 0.29) is 18.7 Å². The number of amides is 6. The average Bonchev–Trinajstić information content (AvgIpc) is 3.00. The van der Waals surface area contributed by atoms with Crippen molar-refractivity contribution in [3.05, 3.63) is 29.8 Å². The van der Waals surface area contributed by atoms with Crippen LogP contribution in [0.15, 0.2) is 24.3 Å². The molecule has 0 aliphatic carbocycles. The molecule has 16 heteroatoms. The number of aliphatic hydroxyl groups is 2. The molecule has 1 aromatic carbocycles. The summed E-state index contributed by atoms with van der Waals surface area (Å²) >= 11 is 0. The first-order chi connectivity index (χ1) is 21.9. The normalized spacial score (nSPS) is 14.5. The summed E-state index contributed by atoms with van der Waals surface area (Å²) in [6, 6.07) is 1.31. The van der Waals surface area contributed by atoms with Crippen LogP contribution in [-0.4, -0.2) is 105 Å². The Morgan fingerprint density at radius 3 is 2.06 bits per heavy atom. The Hall–Kier alpha value is -4.12. The van der Waals surface area contributed by atoms with Gasteiger partial charge in [0, 0.05) is 25.5 Å². The molecule has 16 nitrogen and oxygen atoms in total. The first kappa shape index (κ1) is 40.9. The predicted molar refractivity (Wildman–Crippen MR) is 170 cm³/mol. The molecule has 0 aromatic heterocycles. The van der Waals surface area contributed by atoms with Crippen LogP contribution in [0.2, 0.25) is 0 Å². The Balaban J connectivity index is 2.75. The summed E-state index contributed by atoms with van der Waals surface area (Å²) in [4.78, 5) is 76.8. The van der Waals surface area contributed by atoms with Gasteiger partial charge in [0.1, 0.15) is 29.5 Å². The third-order valence-electron chi connectivity index (χ3n) is 7.01. The molecular formula is C31H50N6O10. The number of carbonyl (C=O) groups is 6. The van der Waals surface area contributed by atoms with E-state index < -0.39 is 84.5 Å². The number of hydrogen-bond acceptors (Lipinski definition) is 12. The zero-order valence-corrected chi connectivity index (χ0v) is 27.7. The molecule has 264 valence electrons. The van der Waals surface area contributed by atoms with Crippen molar-refractivity contribution < 1.29 is 48.8 Å². The fourth-order valence-electron chi connectivity index (χ4n) is 4.18. The number of aromatic hydroxyl groups is 1. The molecule has 0 radical (unpaired) electrons. The van der Waals surface area contributed by atoms with Crippen molar-refractivity contribution in [1.82, 2.24) is 20.9 Å². The molecule has 1 rings (SSSR count). The molecule has 0 saturated carbocycles. The van der Waals surface area contributed by atoms with Crippen molar-refractivity contribution in [2.45, 2.75) is 96.5 Å². The summed E-state index contributed by atoms with van der Waals surface area (Å²) in [6.45, 7) is 5.45. The minimum Gasteiger partial charge on any atom is -0.508 e. The number of carbonyl (C=O) groups excluding carboxylic acids is 6. The van der Waals surface area contributed by atoms with Gasteiger partial charge in [0.15, 0.2) is 0 Å². The molecule has 1 unspecified atom stereocenters. The number of unbranched alkanes of at least 4 members (excludes halogenated alkanes) is 2. The number of rotatable bonds is 17. The van der Waals surface area contributed by atoms with Crippen LogP contribution in [-0.2, 0) is 35.1 Å². The smallest absolute Gasteiger partial charge is 0.417 e. The maximum absolute atomic E-state index is 13.2. The Labute approximate surface area is 274 Å². The fourth-order valence-corrected chi connectivity index (χ4v) is 4.18. The van der Waals surface area contributed by atoms with Crippen LogP contribution >= 0.6 is 0 Å². The fraction of sp³-hybridized carbons (Fsp3) is 0.613. The number of phenolic OH excluding ortho intramolecular Hbond substituents is 1. The molecule has 47 heavy (non-hydrogen) atoms. The van der Waals surface area contributed by atoms with E-state index in [2.05, 4.69) is 16.0 Å². The molecule has 1 aromatic rings. The standard InChI is InChI=1S/C31H50N6O10/c1-18(35-27(43)23(32)17-39)29(45)37(30(46)47-31(3,4)5)19(2)26(42)34-15-21(16-38)25(33)28(44)36-24(41)10-8-6-7-9-20-11-13-22(40)14-12-20/h11-14,18-19,21,23,25,38-40H,6-10,15-17,32-33H2,1-5H3,(H,34,42)(H,35,43)(H,36,41,44)/t18-,19-,21?,23-,25-/m0/s1. The monoisotopic (exact) mass is 666 g/mol. The van der Waals surface area contributed by atoms with Crippen LogP contribution in [0.1, 0.15) is 65.9 Å². The lowest BCUT2D eigenvalue weighted by Gasteiger charge is -2.32. The number of phenols is 1. The second kappa shape index (κ2) is 19.5. The Morgan fingerprint density at radius 2 is 1.51 bits per heavy atom. The van der Waals surface area contributed by atoms with E-state index in [1.807, 2.05) is 12.1 Å². The quantitative estimate of drug-likeness (QED) is 0.0947. The average molecular weight is 667 g/mol. The van der Waals surface area contributed by atoms with Crippen molar-refractivity contribution in [2.24, 2.45) is 17.4 Å². The second-order valence-corrected chi connectivity index (χ2v) is 12.2. The third kappa shape index (κ3) is 14.5. The van der Waals surface area contributed by atoms with Gasteiger partial charge in [-0.2, -0.15) is 0 Å². The summed E-state index contributed by atoms with van der Waals surface area (Å²) in [5.41, 5.74) is 11.5. The zero-order valence-electron chi connectivity index (χ0n) is 27.7. The molecule has 10 N–H and O–H groups in total. The molecule has 6 amide bonds. The van der Waals surface area contributed by atoms with Crippen molar-refractivity contribution in [1.29, 1.82) is 0 Å². The highest BCUT2D eigenvalue weighted by Crippen LogP contribution is 2.15. The Bertz CT molecular complexity index is 1220. The highest BCUT2D eigenvalue weighted by atomic mass is 16.6. The van der Waals surface area contributed by atoms with Gasteiger partial charge in [-0.1, -0.05) is 18.6 Å². The molecule has 0 bridgehead atoms. The van der Waals surface area contributed by atoms with Crippen molar-refractivity contribution in [3.63, 3.8) is 0 Å². The largest absolute Gasteiger partial charge is 0.508 e. The van der Waals surface area contributed by atoms with Crippen LogP contribution in [0.4, 0.5) is 4.79 Å². The first-order valence-corrected chi connectivity index (χ1v) is 15.4.